The average Bonchev–Trinajstić information content (AvgIpc) is 2.83. The molecule has 2 fully saturated rings. The summed E-state index contributed by atoms with van der Waals surface area (Å²) in [4.78, 5) is 13.7. The minimum absolute atomic E-state index is 0.396. The molecule has 2 aromatic rings. The number of Topliss-reactive ketones (excluding diaryl/α,β-unsaturated/α-hetero) is 1. The molecule has 0 aromatic heterocycles. The Morgan fingerprint density at radius 2 is 1.03 bits per heavy atom. The van der Waals surface area contributed by atoms with Gasteiger partial charge >= 0.3 is 0 Å². The van der Waals surface area contributed by atoms with Crippen LogP contribution in [0.1, 0.15) is 111 Å². The molecule has 0 N–H and O–H groups in total. The first kappa shape index (κ1) is 23.3. The van der Waals surface area contributed by atoms with Crippen LogP contribution in [0.15, 0.2) is 48.5 Å². The van der Waals surface area contributed by atoms with Gasteiger partial charge < -0.3 is 0 Å². The predicted octanol–water partition coefficient (Wildman–Crippen LogP) is 8.68. The molecule has 4 rings (SSSR count). The summed E-state index contributed by atoms with van der Waals surface area (Å²) in [5.41, 5.74) is 5.58. The number of ketones is 1. The number of hydrogen-bond acceptors (Lipinski definition) is 1. The molecule has 0 radical (unpaired) electrons. The fraction of sp³-hybridized carbons (Fsp3) is 0.581. The molecular weight excluding hydrogens is 388 g/mol. The minimum Gasteiger partial charge on any atom is -0.300 e. The lowest BCUT2D eigenvalue weighted by atomic mass is 9.71. The lowest BCUT2D eigenvalue weighted by molar-refractivity contribution is -0.120. The van der Waals surface area contributed by atoms with Gasteiger partial charge in [0.05, 0.1) is 0 Å². The molecule has 0 heterocycles. The van der Waals surface area contributed by atoms with Crippen LogP contribution in [0, 0.1) is 25.7 Å². The highest BCUT2D eigenvalue weighted by Crippen LogP contribution is 2.43. The van der Waals surface area contributed by atoms with Crippen molar-refractivity contribution in [1.82, 2.24) is 0 Å². The summed E-state index contributed by atoms with van der Waals surface area (Å²) < 4.78 is 0. The molecule has 0 saturated heterocycles. The van der Waals surface area contributed by atoms with Crippen molar-refractivity contribution in [3.8, 4) is 0 Å². The van der Waals surface area contributed by atoms with Crippen LogP contribution < -0.4 is 0 Å². The Morgan fingerprint density at radius 3 is 1.41 bits per heavy atom. The highest BCUT2D eigenvalue weighted by atomic mass is 16.1. The van der Waals surface area contributed by atoms with E-state index >= 15 is 0 Å². The van der Waals surface area contributed by atoms with E-state index in [1.807, 2.05) is 0 Å². The van der Waals surface area contributed by atoms with Crippen molar-refractivity contribution in [2.45, 2.75) is 103 Å². The maximum atomic E-state index is 13.7. The Labute approximate surface area is 196 Å². The SMILES string of the molecule is Cc1ccccc1[C@@H](CC(=O)C[C@@H](c1ccccc1C)C1CCCCC1)C1CCCCC1. The first-order valence-corrected chi connectivity index (χ1v) is 13.3. The quantitative estimate of drug-likeness (QED) is 0.409. The van der Waals surface area contributed by atoms with Crippen molar-refractivity contribution in [3.05, 3.63) is 70.8 Å². The fourth-order valence-corrected chi connectivity index (χ4v) is 6.71. The molecule has 2 aliphatic carbocycles. The Kier molecular flexibility index (Phi) is 8.22. The Bertz CT molecular complexity index is 798. The van der Waals surface area contributed by atoms with E-state index in [1.165, 1.54) is 86.5 Å². The van der Waals surface area contributed by atoms with E-state index in [0.717, 1.165) is 12.8 Å². The molecule has 172 valence electrons. The average molecular weight is 431 g/mol. The van der Waals surface area contributed by atoms with Crippen LogP contribution in [0.4, 0.5) is 0 Å². The normalized spacial score (nSPS) is 20.1. The van der Waals surface area contributed by atoms with E-state index in [1.54, 1.807) is 0 Å². The van der Waals surface area contributed by atoms with Gasteiger partial charge in [0, 0.05) is 12.8 Å². The highest BCUT2D eigenvalue weighted by molar-refractivity contribution is 5.80. The van der Waals surface area contributed by atoms with Gasteiger partial charge in [-0.05, 0) is 85.5 Å². The molecule has 2 aliphatic rings. The molecular formula is C31H42O. The van der Waals surface area contributed by atoms with Gasteiger partial charge in [-0.2, -0.15) is 0 Å². The van der Waals surface area contributed by atoms with Crippen LogP contribution in [0.3, 0.4) is 0 Å². The number of aryl methyl sites for hydroxylation is 2. The first-order chi connectivity index (χ1) is 15.6. The van der Waals surface area contributed by atoms with Crippen molar-refractivity contribution in [3.63, 3.8) is 0 Å². The zero-order chi connectivity index (χ0) is 22.3. The fourth-order valence-electron chi connectivity index (χ4n) is 6.71. The van der Waals surface area contributed by atoms with Crippen molar-refractivity contribution in [1.29, 1.82) is 0 Å². The lowest BCUT2D eigenvalue weighted by Gasteiger charge is -2.34. The third-order valence-corrected chi connectivity index (χ3v) is 8.51. The summed E-state index contributed by atoms with van der Waals surface area (Å²) in [6.07, 6.45) is 14.6. The largest absolute Gasteiger partial charge is 0.300 e. The highest BCUT2D eigenvalue weighted by Gasteiger charge is 2.32. The van der Waals surface area contributed by atoms with Crippen molar-refractivity contribution < 1.29 is 4.79 Å². The van der Waals surface area contributed by atoms with Gasteiger partial charge in [0.2, 0.25) is 0 Å². The Morgan fingerprint density at radius 1 is 0.656 bits per heavy atom. The van der Waals surface area contributed by atoms with E-state index in [0.29, 0.717) is 29.5 Å². The Hall–Kier alpha value is -1.89. The molecule has 2 atom stereocenters. The van der Waals surface area contributed by atoms with E-state index in [9.17, 15) is 4.79 Å². The molecule has 0 spiro atoms. The van der Waals surface area contributed by atoms with Crippen LogP contribution in [0.5, 0.6) is 0 Å². The smallest absolute Gasteiger partial charge is 0.134 e. The molecule has 1 nitrogen and oxygen atoms in total. The Balaban J connectivity index is 1.55. The van der Waals surface area contributed by atoms with Gasteiger partial charge in [0.25, 0.3) is 0 Å². The monoisotopic (exact) mass is 430 g/mol. The number of benzene rings is 2. The number of hydrogen-bond donors (Lipinski definition) is 0. The van der Waals surface area contributed by atoms with Crippen molar-refractivity contribution in [2.24, 2.45) is 11.8 Å². The van der Waals surface area contributed by atoms with Crippen LogP contribution >= 0.6 is 0 Å². The number of carbonyl (C=O) groups excluding carboxylic acids is 1. The van der Waals surface area contributed by atoms with Crippen molar-refractivity contribution in [2.75, 3.05) is 0 Å². The standard InChI is InChI=1S/C31H42O/c1-23-13-9-11-19-28(23)30(25-15-5-3-6-16-25)21-27(32)22-31(26-17-7-4-8-18-26)29-20-12-10-14-24(29)2/h9-14,19-20,25-26,30-31H,3-8,15-18,21-22H2,1-2H3/t30-,31+. The summed E-state index contributed by atoms with van der Waals surface area (Å²) in [5, 5.41) is 0. The summed E-state index contributed by atoms with van der Waals surface area (Å²) in [5.74, 6) is 2.61. The van der Waals surface area contributed by atoms with E-state index < -0.39 is 0 Å². The van der Waals surface area contributed by atoms with Crippen LogP contribution in [0.25, 0.3) is 0 Å². The van der Waals surface area contributed by atoms with Crippen molar-refractivity contribution >= 4 is 5.78 Å². The third-order valence-electron chi connectivity index (χ3n) is 8.51. The first-order valence-electron chi connectivity index (χ1n) is 13.3. The molecule has 0 bridgehead atoms. The molecule has 2 saturated carbocycles. The second kappa shape index (κ2) is 11.3. The predicted molar refractivity (Wildman–Crippen MR) is 135 cm³/mol. The summed E-state index contributed by atoms with van der Waals surface area (Å²) in [6, 6.07) is 17.7. The lowest BCUT2D eigenvalue weighted by Crippen LogP contribution is -2.24. The second-order valence-electron chi connectivity index (χ2n) is 10.7. The molecule has 0 amide bonds. The van der Waals surface area contributed by atoms with Gasteiger partial charge in [0.15, 0.2) is 0 Å². The maximum absolute atomic E-state index is 13.7. The zero-order valence-corrected chi connectivity index (χ0v) is 20.3. The van der Waals surface area contributed by atoms with Gasteiger partial charge in [-0.25, -0.2) is 0 Å². The van der Waals surface area contributed by atoms with E-state index in [4.69, 9.17) is 0 Å². The maximum Gasteiger partial charge on any atom is 0.134 e. The molecule has 2 aromatic carbocycles. The molecule has 0 aliphatic heterocycles. The van der Waals surface area contributed by atoms with Gasteiger partial charge in [-0.3, -0.25) is 4.79 Å². The van der Waals surface area contributed by atoms with Gasteiger partial charge in [0.1, 0.15) is 5.78 Å². The van der Waals surface area contributed by atoms with Crippen LogP contribution in [-0.4, -0.2) is 5.78 Å². The minimum atomic E-state index is 0.396. The van der Waals surface area contributed by atoms with Crippen LogP contribution in [-0.2, 0) is 4.79 Å². The van der Waals surface area contributed by atoms with Gasteiger partial charge in [-0.1, -0.05) is 87.1 Å². The number of carbonyl (C=O) groups is 1. The van der Waals surface area contributed by atoms with Crippen LogP contribution in [0.2, 0.25) is 0 Å². The summed E-state index contributed by atoms with van der Waals surface area (Å²) in [7, 11) is 0. The summed E-state index contributed by atoms with van der Waals surface area (Å²) >= 11 is 0. The molecule has 1 heteroatoms. The second-order valence-corrected chi connectivity index (χ2v) is 10.7. The van der Waals surface area contributed by atoms with Gasteiger partial charge in [-0.15, -0.1) is 0 Å². The zero-order valence-electron chi connectivity index (χ0n) is 20.3. The number of rotatable bonds is 8. The molecule has 0 unspecified atom stereocenters. The van der Waals surface area contributed by atoms with E-state index in [-0.39, 0.29) is 0 Å². The third kappa shape index (κ3) is 5.72. The van der Waals surface area contributed by atoms with E-state index in [2.05, 4.69) is 62.4 Å². The summed E-state index contributed by atoms with van der Waals surface area (Å²) in [6.45, 7) is 4.46. The topological polar surface area (TPSA) is 17.1 Å². The molecule has 32 heavy (non-hydrogen) atoms.